The summed E-state index contributed by atoms with van der Waals surface area (Å²) in [5, 5.41) is 3.09. The number of amidine groups is 1. The Bertz CT molecular complexity index is 130. The normalized spacial score (nSPS) is 11.5. The van der Waals surface area contributed by atoms with Crippen LogP contribution >= 0.6 is 0 Å². The van der Waals surface area contributed by atoms with E-state index in [1.807, 2.05) is 0 Å². The fraction of sp³-hybridized carbons (Fsp3) is 0.571. The van der Waals surface area contributed by atoms with Gasteiger partial charge in [0.05, 0.1) is 6.54 Å². The summed E-state index contributed by atoms with van der Waals surface area (Å²) in [6.07, 6.45) is 1.53. The van der Waals surface area contributed by atoms with Crippen LogP contribution in [0, 0.1) is 0 Å². The first kappa shape index (κ1) is 10.1. The van der Waals surface area contributed by atoms with Crippen LogP contribution in [-0.4, -0.2) is 32.0 Å². The largest absolute Gasteiger partial charge is 0.384 e. The molecule has 0 aliphatic carbocycles. The maximum atomic E-state index is 5.37. The van der Waals surface area contributed by atoms with Gasteiger partial charge in [-0.05, 0) is 6.08 Å². The van der Waals surface area contributed by atoms with Gasteiger partial charge in [0.1, 0.15) is 5.84 Å². The van der Waals surface area contributed by atoms with Crippen LogP contribution in [0.3, 0.4) is 0 Å². The molecule has 0 saturated carbocycles. The first-order chi connectivity index (χ1) is 5.31. The monoisotopic (exact) mass is 156 g/mol. The van der Waals surface area contributed by atoms with E-state index in [2.05, 4.69) is 16.9 Å². The standard InChI is InChI=1S/C7H16N4/c1-2-7(9)11-6-5-10-4-3-8/h2,10H,1,3-6,8H2,(H2,9,11). The zero-order valence-corrected chi connectivity index (χ0v) is 6.71. The lowest BCUT2D eigenvalue weighted by Crippen LogP contribution is -2.25. The van der Waals surface area contributed by atoms with Crippen LogP contribution in [0.1, 0.15) is 0 Å². The van der Waals surface area contributed by atoms with E-state index in [0.29, 0.717) is 18.9 Å². The summed E-state index contributed by atoms with van der Waals surface area (Å²) in [6, 6.07) is 0. The average Bonchev–Trinajstić information content (AvgIpc) is 2.04. The van der Waals surface area contributed by atoms with Gasteiger partial charge in [-0.3, -0.25) is 4.99 Å². The van der Waals surface area contributed by atoms with Gasteiger partial charge in [-0.2, -0.15) is 0 Å². The Morgan fingerprint density at radius 3 is 2.82 bits per heavy atom. The molecule has 0 aromatic rings. The predicted molar refractivity (Wildman–Crippen MR) is 48.6 cm³/mol. The van der Waals surface area contributed by atoms with Crippen LogP contribution in [-0.2, 0) is 0 Å². The zero-order chi connectivity index (χ0) is 8.53. The van der Waals surface area contributed by atoms with E-state index >= 15 is 0 Å². The smallest absolute Gasteiger partial charge is 0.117 e. The number of rotatable bonds is 6. The number of nitrogens with zero attached hydrogens (tertiary/aromatic N) is 1. The van der Waals surface area contributed by atoms with Crippen molar-refractivity contribution in [1.29, 1.82) is 0 Å². The van der Waals surface area contributed by atoms with Gasteiger partial charge < -0.3 is 16.8 Å². The summed E-state index contributed by atoms with van der Waals surface area (Å²) in [5.41, 5.74) is 10.6. The molecule has 0 aliphatic rings. The molecule has 4 heteroatoms. The third kappa shape index (κ3) is 7.02. The van der Waals surface area contributed by atoms with Gasteiger partial charge in [-0.25, -0.2) is 0 Å². The number of nitrogens with two attached hydrogens (primary N) is 2. The fourth-order valence-corrected chi connectivity index (χ4v) is 0.556. The second-order valence-electron chi connectivity index (χ2n) is 2.05. The van der Waals surface area contributed by atoms with Crippen LogP contribution in [0.15, 0.2) is 17.6 Å². The van der Waals surface area contributed by atoms with Gasteiger partial charge >= 0.3 is 0 Å². The highest BCUT2D eigenvalue weighted by atomic mass is 14.9. The molecule has 0 aromatic heterocycles. The molecule has 0 radical (unpaired) electrons. The van der Waals surface area contributed by atoms with Crippen LogP contribution in [0.25, 0.3) is 0 Å². The number of hydrogen-bond acceptors (Lipinski definition) is 3. The van der Waals surface area contributed by atoms with Crippen molar-refractivity contribution in [2.75, 3.05) is 26.2 Å². The molecule has 0 aliphatic heterocycles. The molecule has 0 bridgehead atoms. The van der Waals surface area contributed by atoms with E-state index in [1.54, 1.807) is 0 Å². The average molecular weight is 156 g/mol. The zero-order valence-electron chi connectivity index (χ0n) is 6.71. The molecule has 0 spiro atoms. The summed E-state index contributed by atoms with van der Waals surface area (Å²) in [7, 11) is 0. The van der Waals surface area contributed by atoms with E-state index in [4.69, 9.17) is 11.5 Å². The molecular weight excluding hydrogens is 140 g/mol. The maximum absolute atomic E-state index is 5.37. The summed E-state index contributed by atoms with van der Waals surface area (Å²) in [5.74, 6) is 0.486. The lowest BCUT2D eigenvalue weighted by Gasteiger charge is -1.98. The van der Waals surface area contributed by atoms with Crippen molar-refractivity contribution in [3.63, 3.8) is 0 Å². The van der Waals surface area contributed by atoms with E-state index in [1.165, 1.54) is 6.08 Å². The van der Waals surface area contributed by atoms with Crippen LogP contribution in [0.5, 0.6) is 0 Å². The molecule has 4 nitrogen and oxygen atoms in total. The van der Waals surface area contributed by atoms with Gasteiger partial charge in [0.25, 0.3) is 0 Å². The SMILES string of the molecule is C=CC(N)=NCCNCCN. The van der Waals surface area contributed by atoms with Crippen LogP contribution in [0.2, 0.25) is 0 Å². The van der Waals surface area contributed by atoms with Crippen molar-refractivity contribution in [1.82, 2.24) is 5.32 Å². The van der Waals surface area contributed by atoms with Crippen LogP contribution in [0.4, 0.5) is 0 Å². The molecule has 0 aromatic carbocycles. The van der Waals surface area contributed by atoms with Crippen molar-refractivity contribution in [2.45, 2.75) is 0 Å². The Hall–Kier alpha value is -0.870. The molecule has 0 saturated heterocycles. The summed E-state index contributed by atoms with van der Waals surface area (Å²) in [6.45, 7) is 6.45. The Morgan fingerprint density at radius 1 is 1.55 bits per heavy atom. The number of nitrogens with one attached hydrogen (secondary N) is 1. The van der Waals surface area contributed by atoms with Crippen LogP contribution < -0.4 is 16.8 Å². The first-order valence-corrected chi connectivity index (χ1v) is 3.64. The molecule has 64 valence electrons. The minimum atomic E-state index is 0.486. The highest BCUT2D eigenvalue weighted by Crippen LogP contribution is 1.71. The predicted octanol–water partition coefficient (Wildman–Crippen LogP) is -0.922. The lowest BCUT2D eigenvalue weighted by molar-refractivity contribution is 0.697. The molecule has 11 heavy (non-hydrogen) atoms. The van der Waals surface area contributed by atoms with Gasteiger partial charge in [0.15, 0.2) is 0 Å². The summed E-state index contributed by atoms with van der Waals surface area (Å²) >= 11 is 0. The third-order valence-electron chi connectivity index (χ3n) is 1.11. The van der Waals surface area contributed by atoms with Gasteiger partial charge in [-0.15, -0.1) is 0 Å². The Kier molecular flexibility index (Phi) is 6.67. The number of aliphatic imine (C=N–C) groups is 1. The van der Waals surface area contributed by atoms with E-state index in [-0.39, 0.29) is 0 Å². The highest BCUT2D eigenvalue weighted by Gasteiger charge is 1.83. The quantitative estimate of drug-likeness (QED) is 0.264. The van der Waals surface area contributed by atoms with Crippen molar-refractivity contribution >= 4 is 5.84 Å². The van der Waals surface area contributed by atoms with Gasteiger partial charge in [-0.1, -0.05) is 6.58 Å². The van der Waals surface area contributed by atoms with E-state index in [9.17, 15) is 0 Å². The Labute approximate surface area is 67.4 Å². The molecule has 0 heterocycles. The van der Waals surface area contributed by atoms with Gasteiger partial charge in [0.2, 0.25) is 0 Å². The van der Waals surface area contributed by atoms with Crippen molar-refractivity contribution in [3.05, 3.63) is 12.7 Å². The van der Waals surface area contributed by atoms with Crippen molar-refractivity contribution in [3.8, 4) is 0 Å². The fourth-order valence-electron chi connectivity index (χ4n) is 0.556. The molecule has 5 N–H and O–H groups in total. The Balaban J connectivity index is 3.19. The van der Waals surface area contributed by atoms with Gasteiger partial charge in [0, 0.05) is 19.6 Å². The molecule has 0 amide bonds. The van der Waals surface area contributed by atoms with Crippen molar-refractivity contribution < 1.29 is 0 Å². The summed E-state index contributed by atoms with van der Waals surface area (Å²) < 4.78 is 0. The molecular formula is C7H16N4. The second-order valence-corrected chi connectivity index (χ2v) is 2.05. The molecule has 0 atom stereocenters. The third-order valence-corrected chi connectivity index (χ3v) is 1.11. The molecule has 0 rings (SSSR count). The highest BCUT2D eigenvalue weighted by molar-refractivity contribution is 5.90. The molecule has 0 fully saturated rings. The minimum absolute atomic E-state index is 0.486. The van der Waals surface area contributed by atoms with Crippen molar-refractivity contribution in [2.24, 2.45) is 16.5 Å². The minimum Gasteiger partial charge on any atom is -0.384 e. The first-order valence-electron chi connectivity index (χ1n) is 3.64. The second kappa shape index (κ2) is 7.24. The Morgan fingerprint density at radius 2 is 2.27 bits per heavy atom. The topological polar surface area (TPSA) is 76.4 Å². The number of hydrogen-bond donors (Lipinski definition) is 3. The van der Waals surface area contributed by atoms with E-state index < -0.39 is 0 Å². The summed E-state index contributed by atoms with van der Waals surface area (Å²) in [4.78, 5) is 3.99. The van der Waals surface area contributed by atoms with E-state index in [0.717, 1.165) is 13.1 Å². The molecule has 0 unspecified atom stereocenters. The lowest BCUT2D eigenvalue weighted by atomic mass is 10.5. The maximum Gasteiger partial charge on any atom is 0.117 e.